The molecule has 1 rings (SSSR count). The number of nitrogens with one attached hydrogen (secondary N) is 2. The van der Waals surface area contributed by atoms with E-state index in [0.29, 0.717) is 23.5 Å². The predicted molar refractivity (Wildman–Crippen MR) is 64.6 cm³/mol. The number of rotatable bonds is 4. The highest BCUT2D eigenvalue weighted by molar-refractivity contribution is 5.90. The smallest absolute Gasteiger partial charge is 0.0763 e. The van der Waals surface area contributed by atoms with Crippen LogP contribution in [0.3, 0.4) is 0 Å². The monoisotopic (exact) mass is 199 g/mol. The van der Waals surface area contributed by atoms with E-state index in [9.17, 15) is 0 Å². The summed E-state index contributed by atoms with van der Waals surface area (Å²) in [7, 11) is 0. The minimum atomic E-state index is 0.410. The first-order chi connectivity index (χ1) is 7.20. The van der Waals surface area contributed by atoms with Gasteiger partial charge in [0.15, 0.2) is 0 Å². The second-order valence-corrected chi connectivity index (χ2v) is 2.99. The zero-order valence-corrected chi connectivity index (χ0v) is 8.38. The third-order valence-corrected chi connectivity index (χ3v) is 2.02. The van der Waals surface area contributed by atoms with Gasteiger partial charge in [0.1, 0.15) is 0 Å². The predicted octanol–water partition coefficient (Wildman–Crippen LogP) is 1.46. The summed E-state index contributed by atoms with van der Waals surface area (Å²) in [5, 5.41) is 10.1. The van der Waals surface area contributed by atoms with Gasteiger partial charge in [0, 0.05) is 28.7 Å². The fourth-order valence-corrected chi connectivity index (χ4v) is 1.23. The molecule has 0 saturated carbocycles. The average molecular weight is 199 g/mol. The molecule has 0 radical (unpaired) electrons. The lowest BCUT2D eigenvalue weighted by Crippen LogP contribution is -2.13. The third-order valence-electron chi connectivity index (χ3n) is 2.02. The molecule has 4 N–H and O–H groups in total. The van der Waals surface area contributed by atoms with E-state index in [1.165, 1.54) is 6.21 Å². The van der Waals surface area contributed by atoms with Gasteiger partial charge in [-0.2, -0.15) is 0 Å². The quantitative estimate of drug-likeness (QED) is 0.390. The molecule has 1 aromatic rings. The Morgan fingerprint density at radius 3 is 3.00 bits per heavy atom. The molecule has 3 nitrogen and oxygen atoms in total. The second-order valence-electron chi connectivity index (χ2n) is 2.99. The van der Waals surface area contributed by atoms with Crippen LogP contribution in [-0.2, 0) is 0 Å². The van der Waals surface area contributed by atoms with Crippen molar-refractivity contribution in [1.82, 2.24) is 5.32 Å². The minimum absolute atomic E-state index is 0.410. The Bertz CT molecular complexity index is 427. The van der Waals surface area contributed by atoms with Gasteiger partial charge in [-0.25, -0.2) is 0 Å². The molecule has 0 amide bonds. The molecular formula is C12H13N3. The molecule has 0 spiro atoms. The van der Waals surface area contributed by atoms with Crippen LogP contribution in [-0.4, -0.2) is 12.8 Å². The number of benzene rings is 1. The fraction of sp³-hybridized carbons (Fsp3) is 0.0833. The molecule has 0 aliphatic rings. The molecule has 0 atom stereocenters. The number of para-hydroxylation sites is 1. The van der Waals surface area contributed by atoms with Crippen LogP contribution in [0.15, 0.2) is 24.8 Å². The molecule has 15 heavy (non-hydrogen) atoms. The van der Waals surface area contributed by atoms with Gasteiger partial charge in [-0.1, -0.05) is 30.7 Å². The van der Waals surface area contributed by atoms with Crippen molar-refractivity contribution in [3.05, 3.63) is 35.9 Å². The first-order valence-electron chi connectivity index (χ1n) is 4.46. The van der Waals surface area contributed by atoms with E-state index in [-0.39, 0.29) is 0 Å². The van der Waals surface area contributed by atoms with Crippen LogP contribution >= 0.6 is 0 Å². The number of hydrogen-bond acceptors (Lipinski definition) is 3. The molecule has 0 unspecified atom stereocenters. The lowest BCUT2D eigenvalue weighted by atomic mass is 10.1. The van der Waals surface area contributed by atoms with Crippen LogP contribution < -0.4 is 11.1 Å². The van der Waals surface area contributed by atoms with Crippen LogP contribution in [0.2, 0.25) is 0 Å². The van der Waals surface area contributed by atoms with Crippen molar-refractivity contribution in [2.45, 2.75) is 0 Å². The fourth-order valence-electron chi connectivity index (χ4n) is 1.23. The Kier molecular flexibility index (Phi) is 3.53. The van der Waals surface area contributed by atoms with Crippen molar-refractivity contribution in [1.29, 1.82) is 5.41 Å². The molecule has 0 heterocycles. The van der Waals surface area contributed by atoms with Crippen LogP contribution in [0.25, 0.3) is 5.70 Å². The Labute approximate surface area is 89.5 Å². The second kappa shape index (κ2) is 4.87. The molecule has 1 aromatic carbocycles. The molecule has 0 aliphatic heterocycles. The van der Waals surface area contributed by atoms with Crippen LogP contribution in [0.1, 0.15) is 11.1 Å². The first kappa shape index (κ1) is 10.9. The molecule has 76 valence electrons. The van der Waals surface area contributed by atoms with Crippen molar-refractivity contribution in [3.8, 4) is 12.3 Å². The largest absolute Gasteiger partial charge is 0.398 e. The summed E-state index contributed by atoms with van der Waals surface area (Å²) in [5.74, 6) is 2.46. The highest BCUT2D eigenvalue weighted by Crippen LogP contribution is 2.20. The number of hydrogen-bond donors (Lipinski definition) is 3. The summed E-state index contributed by atoms with van der Waals surface area (Å²) < 4.78 is 0. The number of terminal acetylenes is 1. The minimum Gasteiger partial charge on any atom is -0.398 e. The Balaban J connectivity index is 3.00. The van der Waals surface area contributed by atoms with E-state index in [1.807, 2.05) is 12.1 Å². The molecule has 3 heteroatoms. The number of nitrogen functional groups attached to an aromatic ring is 1. The van der Waals surface area contributed by atoms with E-state index in [4.69, 9.17) is 17.6 Å². The highest BCUT2D eigenvalue weighted by Gasteiger charge is 2.05. The van der Waals surface area contributed by atoms with Gasteiger partial charge in [-0.05, 0) is 0 Å². The van der Waals surface area contributed by atoms with Crippen molar-refractivity contribution < 1.29 is 0 Å². The SMILES string of the molecule is C#CCNC(=C)c1cccc(C=N)c1N. The van der Waals surface area contributed by atoms with Crippen molar-refractivity contribution in [2.24, 2.45) is 0 Å². The van der Waals surface area contributed by atoms with E-state index in [0.717, 1.165) is 5.56 Å². The molecule has 0 bridgehead atoms. The summed E-state index contributed by atoms with van der Waals surface area (Å²) in [6.07, 6.45) is 6.34. The standard InChI is InChI=1S/C12H13N3/c1-3-7-15-9(2)11-6-4-5-10(8-13)12(11)14/h1,4-6,8,13,15H,2,7,14H2. The Morgan fingerprint density at radius 2 is 2.40 bits per heavy atom. The van der Waals surface area contributed by atoms with Gasteiger partial charge in [0.05, 0.1) is 6.54 Å². The number of anilines is 1. The topological polar surface area (TPSA) is 61.9 Å². The summed E-state index contributed by atoms with van der Waals surface area (Å²) in [6, 6.07) is 5.45. The van der Waals surface area contributed by atoms with Crippen molar-refractivity contribution in [2.75, 3.05) is 12.3 Å². The van der Waals surface area contributed by atoms with Crippen molar-refractivity contribution in [3.63, 3.8) is 0 Å². The van der Waals surface area contributed by atoms with Gasteiger partial charge >= 0.3 is 0 Å². The average Bonchev–Trinajstić information content (AvgIpc) is 2.26. The molecule has 0 fully saturated rings. The molecule has 0 aromatic heterocycles. The lowest BCUT2D eigenvalue weighted by Gasteiger charge is -2.11. The summed E-state index contributed by atoms with van der Waals surface area (Å²) in [6.45, 7) is 4.25. The van der Waals surface area contributed by atoms with E-state index < -0.39 is 0 Å². The van der Waals surface area contributed by atoms with Crippen LogP contribution in [0.4, 0.5) is 5.69 Å². The normalized spacial score (nSPS) is 9.00. The van der Waals surface area contributed by atoms with E-state index >= 15 is 0 Å². The lowest BCUT2D eigenvalue weighted by molar-refractivity contribution is 1.04. The maximum atomic E-state index is 7.17. The highest BCUT2D eigenvalue weighted by atomic mass is 14.9. The molecule has 0 saturated heterocycles. The zero-order valence-electron chi connectivity index (χ0n) is 8.38. The van der Waals surface area contributed by atoms with Gasteiger partial charge in [-0.3, -0.25) is 0 Å². The Morgan fingerprint density at radius 1 is 1.67 bits per heavy atom. The maximum Gasteiger partial charge on any atom is 0.0763 e. The zero-order chi connectivity index (χ0) is 11.3. The summed E-state index contributed by atoms with van der Waals surface area (Å²) in [4.78, 5) is 0. The van der Waals surface area contributed by atoms with E-state index in [1.54, 1.807) is 6.07 Å². The summed E-state index contributed by atoms with van der Waals surface area (Å²) >= 11 is 0. The van der Waals surface area contributed by atoms with Crippen molar-refractivity contribution >= 4 is 17.6 Å². The number of nitrogens with two attached hydrogens (primary N) is 1. The maximum absolute atomic E-state index is 7.17. The third kappa shape index (κ3) is 2.38. The van der Waals surface area contributed by atoms with Gasteiger partial charge in [-0.15, -0.1) is 6.42 Å². The Hall–Kier alpha value is -2.21. The molecular weight excluding hydrogens is 186 g/mol. The summed E-state index contributed by atoms with van der Waals surface area (Å²) in [5.41, 5.74) is 8.54. The van der Waals surface area contributed by atoms with Crippen LogP contribution in [0, 0.1) is 17.8 Å². The van der Waals surface area contributed by atoms with Gasteiger partial charge < -0.3 is 16.5 Å². The van der Waals surface area contributed by atoms with Gasteiger partial charge in [0.25, 0.3) is 0 Å². The van der Waals surface area contributed by atoms with Crippen LogP contribution in [0.5, 0.6) is 0 Å². The molecule has 0 aliphatic carbocycles. The van der Waals surface area contributed by atoms with E-state index in [2.05, 4.69) is 17.8 Å². The first-order valence-corrected chi connectivity index (χ1v) is 4.46. The van der Waals surface area contributed by atoms with Gasteiger partial charge in [0.2, 0.25) is 0 Å².